The molecule has 1 unspecified atom stereocenters. The van der Waals surface area contributed by atoms with E-state index in [0.717, 1.165) is 4.90 Å². The summed E-state index contributed by atoms with van der Waals surface area (Å²) in [6.07, 6.45) is 0.355. The van der Waals surface area contributed by atoms with Gasteiger partial charge in [0, 0.05) is 0 Å². The van der Waals surface area contributed by atoms with Crippen LogP contribution in [0.1, 0.15) is 28.8 Å². The first-order valence-corrected chi connectivity index (χ1v) is 9.32. The van der Waals surface area contributed by atoms with Crippen molar-refractivity contribution in [3.05, 3.63) is 53.1 Å². The fourth-order valence-electron chi connectivity index (χ4n) is 2.82. The van der Waals surface area contributed by atoms with Crippen molar-refractivity contribution in [2.75, 3.05) is 14.2 Å². The molecular formula is C21H20N2O9. The molecule has 1 atom stereocenters. The van der Waals surface area contributed by atoms with E-state index in [0.29, 0.717) is 5.56 Å². The molecule has 1 fully saturated rings. The van der Waals surface area contributed by atoms with Crippen LogP contribution in [0, 0.1) is 0 Å². The monoisotopic (exact) mass is 444 g/mol. The number of ether oxygens (including phenoxy) is 3. The van der Waals surface area contributed by atoms with Crippen molar-refractivity contribution < 1.29 is 42.9 Å². The van der Waals surface area contributed by atoms with Gasteiger partial charge < -0.3 is 29.1 Å². The Labute approximate surface area is 182 Å². The Morgan fingerprint density at radius 1 is 1.19 bits per heavy atom. The van der Waals surface area contributed by atoms with E-state index in [4.69, 9.17) is 19.0 Å². The number of hydrogen-bond donors (Lipinski definition) is 2. The minimum atomic E-state index is -1.13. The van der Waals surface area contributed by atoms with Crippen LogP contribution in [0.3, 0.4) is 0 Å². The summed E-state index contributed by atoms with van der Waals surface area (Å²) in [7, 11) is 2.60. The second-order valence-corrected chi connectivity index (χ2v) is 6.65. The molecule has 1 saturated heterocycles. The number of aliphatic carboxylic acids is 1. The van der Waals surface area contributed by atoms with Gasteiger partial charge in [-0.15, -0.1) is 0 Å². The number of amides is 3. The molecule has 11 heteroatoms. The number of methoxy groups -OCH3 is 2. The van der Waals surface area contributed by atoms with Crippen molar-refractivity contribution in [2.24, 2.45) is 0 Å². The highest BCUT2D eigenvalue weighted by molar-refractivity contribution is 6.13. The average Bonchev–Trinajstić information content (AvgIpc) is 3.34. The molecule has 0 saturated carbocycles. The zero-order valence-corrected chi connectivity index (χ0v) is 17.4. The Bertz CT molecular complexity index is 1100. The van der Waals surface area contributed by atoms with E-state index in [1.54, 1.807) is 6.07 Å². The van der Waals surface area contributed by atoms with Crippen molar-refractivity contribution in [1.29, 1.82) is 0 Å². The van der Waals surface area contributed by atoms with Crippen molar-refractivity contribution in [3.8, 4) is 11.5 Å². The van der Waals surface area contributed by atoms with E-state index in [9.17, 15) is 19.2 Å². The van der Waals surface area contributed by atoms with Crippen LogP contribution in [0.15, 0.2) is 40.4 Å². The molecule has 2 aromatic rings. The maximum Gasteiger partial charge on any atom is 0.373 e. The predicted octanol–water partition coefficient (Wildman–Crippen LogP) is 2.02. The van der Waals surface area contributed by atoms with Gasteiger partial charge in [-0.1, -0.05) is 6.07 Å². The molecule has 0 aliphatic carbocycles. The smallest absolute Gasteiger partial charge is 0.373 e. The van der Waals surface area contributed by atoms with Gasteiger partial charge in [0.25, 0.3) is 5.91 Å². The number of urea groups is 1. The van der Waals surface area contributed by atoms with E-state index >= 15 is 0 Å². The summed E-state index contributed by atoms with van der Waals surface area (Å²) in [4.78, 5) is 48.4. The van der Waals surface area contributed by atoms with Crippen LogP contribution < -0.4 is 14.8 Å². The Kier molecular flexibility index (Phi) is 6.47. The number of esters is 1. The normalized spacial score (nSPS) is 15.5. The molecule has 0 radical (unpaired) electrons. The number of nitrogens with one attached hydrogen (secondary N) is 1. The number of carboxylic acids is 1. The summed E-state index contributed by atoms with van der Waals surface area (Å²) in [5.41, 5.74) is 0.526. The number of furan rings is 1. The molecule has 32 heavy (non-hydrogen) atoms. The van der Waals surface area contributed by atoms with Gasteiger partial charge in [-0.2, -0.15) is 0 Å². The molecule has 2 N–H and O–H groups in total. The molecular weight excluding hydrogens is 424 g/mol. The lowest BCUT2D eigenvalue weighted by Crippen LogP contribution is -2.30. The van der Waals surface area contributed by atoms with Gasteiger partial charge in [-0.25, -0.2) is 14.4 Å². The zero-order chi connectivity index (χ0) is 23.4. The van der Waals surface area contributed by atoms with Crippen LogP contribution in [-0.2, 0) is 20.9 Å². The first kappa shape index (κ1) is 22.4. The van der Waals surface area contributed by atoms with E-state index in [1.165, 1.54) is 51.5 Å². The van der Waals surface area contributed by atoms with Gasteiger partial charge in [0.1, 0.15) is 11.5 Å². The maximum absolute atomic E-state index is 12.7. The largest absolute Gasteiger partial charge is 0.493 e. The summed E-state index contributed by atoms with van der Waals surface area (Å²) >= 11 is 0. The highest BCUT2D eigenvalue weighted by Gasteiger charge is 2.34. The Morgan fingerprint density at radius 3 is 2.59 bits per heavy atom. The van der Waals surface area contributed by atoms with Crippen LogP contribution in [0.25, 0.3) is 6.08 Å². The minimum Gasteiger partial charge on any atom is -0.493 e. The Balaban J connectivity index is 1.77. The standard InChI is InChI=1S/C21H20N2O9/c1-11(19(25)26)31-15-6-4-12(9-17(15)29-2)8-14-18(24)23(21(28)22-14)10-13-5-7-16(32-13)20(27)30-3/h4-9,11H,10H2,1-3H3,(H,22,28)(H,25,26). The molecule has 0 spiro atoms. The number of nitrogens with zero attached hydrogens (tertiary/aromatic N) is 1. The quantitative estimate of drug-likeness (QED) is 0.355. The molecule has 168 valence electrons. The Morgan fingerprint density at radius 2 is 1.94 bits per heavy atom. The third kappa shape index (κ3) is 4.72. The molecule has 0 bridgehead atoms. The molecule has 1 aliphatic rings. The summed E-state index contributed by atoms with van der Waals surface area (Å²) in [5.74, 6) is -1.74. The zero-order valence-electron chi connectivity index (χ0n) is 17.4. The molecule has 1 aromatic carbocycles. The number of hydrogen-bond acceptors (Lipinski definition) is 8. The Hall–Kier alpha value is -4.28. The van der Waals surface area contributed by atoms with E-state index in [1.807, 2.05) is 0 Å². The number of carbonyl (C=O) groups excluding carboxylic acids is 3. The van der Waals surface area contributed by atoms with Crippen LogP contribution in [-0.4, -0.2) is 54.2 Å². The van der Waals surface area contributed by atoms with Crippen molar-refractivity contribution in [1.82, 2.24) is 10.2 Å². The van der Waals surface area contributed by atoms with Crippen LogP contribution in [0.5, 0.6) is 11.5 Å². The number of carboxylic acid groups (broad SMARTS) is 1. The fourth-order valence-corrected chi connectivity index (χ4v) is 2.82. The lowest BCUT2D eigenvalue weighted by atomic mass is 10.1. The second-order valence-electron chi connectivity index (χ2n) is 6.65. The number of imide groups is 1. The first-order valence-electron chi connectivity index (χ1n) is 9.32. The molecule has 1 aromatic heterocycles. The van der Waals surface area contributed by atoms with Crippen LogP contribution in [0.4, 0.5) is 4.79 Å². The molecule has 11 nitrogen and oxygen atoms in total. The number of carbonyl (C=O) groups is 4. The van der Waals surface area contributed by atoms with Crippen molar-refractivity contribution in [2.45, 2.75) is 19.6 Å². The van der Waals surface area contributed by atoms with E-state index < -0.39 is 30.0 Å². The maximum atomic E-state index is 12.7. The third-order valence-electron chi connectivity index (χ3n) is 4.47. The van der Waals surface area contributed by atoms with Gasteiger partial charge in [-0.3, -0.25) is 9.69 Å². The van der Waals surface area contributed by atoms with Gasteiger partial charge in [0.2, 0.25) is 5.76 Å². The van der Waals surface area contributed by atoms with E-state index in [2.05, 4.69) is 10.1 Å². The number of rotatable bonds is 8. The summed E-state index contributed by atoms with van der Waals surface area (Å²) in [5, 5.41) is 11.5. The highest BCUT2D eigenvalue weighted by Crippen LogP contribution is 2.30. The van der Waals surface area contributed by atoms with Gasteiger partial charge in [-0.05, 0) is 42.8 Å². The summed E-state index contributed by atoms with van der Waals surface area (Å²) < 4.78 is 20.4. The van der Waals surface area contributed by atoms with E-state index in [-0.39, 0.29) is 35.3 Å². The topological polar surface area (TPSA) is 145 Å². The first-order chi connectivity index (χ1) is 15.2. The molecule has 2 heterocycles. The average molecular weight is 444 g/mol. The van der Waals surface area contributed by atoms with Gasteiger partial charge >= 0.3 is 18.0 Å². The third-order valence-corrected chi connectivity index (χ3v) is 4.47. The molecule has 1 aliphatic heterocycles. The predicted molar refractivity (Wildman–Crippen MR) is 108 cm³/mol. The van der Waals surface area contributed by atoms with Crippen molar-refractivity contribution >= 4 is 30.0 Å². The van der Waals surface area contributed by atoms with Crippen LogP contribution in [0.2, 0.25) is 0 Å². The summed E-state index contributed by atoms with van der Waals surface area (Å²) in [6.45, 7) is 1.20. The lowest BCUT2D eigenvalue weighted by Gasteiger charge is -2.14. The van der Waals surface area contributed by atoms with Crippen molar-refractivity contribution in [3.63, 3.8) is 0 Å². The molecule has 3 rings (SSSR count). The summed E-state index contributed by atoms with van der Waals surface area (Å²) in [6, 6.07) is 6.82. The van der Waals surface area contributed by atoms with Crippen LogP contribution >= 0.6 is 0 Å². The second kappa shape index (κ2) is 9.25. The SMILES string of the molecule is COC(=O)c1ccc(CN2C(=O)NC(=Cc3ccc(OC(C)C(=O)O)c(OC)c3)C2=O)o1. The number of benzene rings is 1. The minimum absolute atomic E-state index is 0.0179. The lowest BCUT2D eigenvalue weighted by molar-refractivity contribution is -0.144. The van der Waals surface area contributed by atoms with Gasteiger partial charge in [0.05, 0.1) is 20.8 Å². The fraction of sp³-hybridized carbons (Fsp3) is 0.238. The molecule has 3 amide bonds. The highest BCUT2D eigenvalue weighted by atomic mass is 16.5. The van der Waals surface area contributed by atoms with Gasteiger partial charge in [0.15, 0.2) is 17.6 Å².